The third-order valence-corrected chi connectivity index (χ3v) is 7.08. The van der Waals surface area contributed by atoms with Crippen LogP contribution in [0.4, 0.5) is 0 Å². The number of ether oxygens (including phenoxy) is 1. The number of thiophene rings is 1. The van der Waals surface area contributed by atoms with Gasteiger partial charge in [-0.25, -0.2) is 0 Å². The molecular weight excluding hydrogens is 422 g/mol. The molecule has 2 aromatic rings. The first-order chi connectivity index (χ1) is 15.1. The van der Waals surface area contributed by atoms with Crippen molar-refractivity contribution < 1.29 is 19.4 Å². The molecule has 1 N–H and O–H groups in total. The van der Waals surface area contributed by atoms with E-state index >= 15 is 0 Å². The van der Waals surface area contributed by atoms with E-state index in [1.807, 2.05) is 30.5 Å². The van der Waals surface area contributed by atoms with Gasteiger partial charge in [0, 0.05) is 11.4 Å². The monoisotopic (exact) mass is 455 g/mol. The molecule has 1 unspecified atom stereocenters. The summed E-state index contributed by atoms with van der Waals surface area (Å²) < 4.78 is 5.51. The summed E-state index contributed by atoms with van der Waals surface area (Å²) in [4.78, 5) is 28.8. The molecule has 172 valence electrons. The summed E-state index contributed by atoms with van der Waals surface area (Å²) in [6.07, 6.45) is 2.80. The Labute approximate surface area is 194 Å². The highest BCUT2D eigenvalue weighted by atomic mass is 32.1. The second kappa shape index (κ2) is 9.49. The quantitative estimate of drug-likeness (QED) is 0.242. The molecule has 1 amide bonds. The summed E-state index contributed by atoms with van der Waals surface area (Å²) in [6, 6.07) is 7.01. The first-order valence-corrected chi connectivity index (χ1v) is 12.0. The Hall–Kier alpha value is -2.60. The van der Waals surface area contributed by atoms with Crippen molar-refractivity contribution in [1.82, 2.24) is 4.90 Å². The molecule has 2 heterocycles. The van der Waals surface area contributed by atoms with Gasteiger partial charge in [-0.3, -0.25) is 9.59 Å². The Balaban J connectivity index is 2.22. The number of carbonyl (C=O) groups excluding carboxylic acids is 2. The van der Waals surface area contributed by atoms with E-state index in [0.29, 0.717) is 17.9 Å². The zero-order valence-corrected chi connectivity index (χ0v) is 20.6. The van der Waals surface area contributed by atoms with Gasteiger partial charge in [0.1, 0.15) is 11.5 Å². The van der Waals surface area contributed by atoms with Crippen molar-refractivity contribution in [3.8, 4) is 5.75 Å². The predicted octanol–water partition coefficient (Wildman–Crippen LogP) is 5.97. The first-order valence-electron chi connectivity index (χ1n) is 11.1. The molecule has 0 bridgehead atoms. The summed E-state index contributed by atoms with van der Waals surface area (Å²) >= 11 is 1.50. The minimum atomic E-state index is -0.639. The number of benzene rings is 1. The van der Waals surface area contributed by atoms with Crippen LogP contribution in [0.1, 0.15) is 74.6 Å². The molecule has 1 atom stereocenters. The van der Waals surface area contributed by atoms with Crippen LogP contribution >= 0.6 is 11.3 Å². The minimum absolute atomic E-state index is 0.140. The maximum absolute atomic E-state index is 13.2. The van der Waals surface area contributed by atoms with Crippen LogP contribution in [0, 0.1) is 6.92 Å². The fourth-order valence-electron chi connectivity index (χ4n) is 4.08. The van der Waals surface area contributed by atoms with Crippen LogP contribution in [0.3, 0.4) is 0 Å². The lowest BCUT2D eigenvalue weighted by atomic mass is 9.85. The van der Waals surface area contributed by atoms with E-state index in [-0.39, 0.29) is 16.7 Å². The van der Waals surface area contributed by atoms with Gasteiger partial charge in [0.05, 0.1) is 24.3 Å². The molecule has 0 aliphatic carbocycles. The second-order valence-electron chi connectivity index (χ2n) is 9.33. The highest BCUT2D eigenvalue weighted by Crippen LogP contribution is 2.44. The topological polar surface area (TPSA) is 66.8 Å². The molecular formula is C26H33NO4S. The standard InChI is InChI=1S/C26H33NO4S/c1-7-8-9-13-27-21(24-16(2)12-14-32-24)20(23(29)25(27)30)22(28)18-15-17(26(3,4)5)10-11-19(18)31-6/h10-12,14-15,21,28H,7-9,13H2,1-6H3/b22-20+. The number of methoxy groups -OCH3 is 1. The lowest BCUT2D eigenvalue weighted by molar-refractivity contribution is -0.139. The van der Waals surface area contributed by atoms with Gasteiger partial charge < -0.3 is 14.7 Å². The van der Waals surface area contributed by atoms with Crippen LogP contribution < -0.4 is 4.74 Å². The number of Topliss-reactive ketones (excluding diaryl/α,β-unsaturated/α-hetero) is 1. The molecule has 1 aliphatic rings. The Morgan fingerprint density at radius 1 is 1.19 bits per heavy atom. The van der Waals surface area contributed by atoms with Crippen molar-refractivity contribution in [2.75, 3.05) is 13.7 Å². The van der Waals surface area contributed by atoms with Crippen molar-refractivity contribution >= 4 is 28.8 Å². The van der Waals surface area contributed by atoms with Crippen LogP contribution in [-0.2, 0) is 15.0 Å². The van der Waals surface area contributed by atoms with Gasteiger partial charge in [0.25, 0.3) is 11.7 Å². The zero-order valence-electron chi connectivity index (χ0n) is 19.8. The Morgan fingerprint density at radius 2 is 1.91 bits per heavy atom. The Bertz CT molecular complexity index is 1040. The number of likely N-dealkylation sites (tertiary alicyclic amines) is 1. The van der Waals surface area contributed by atoms with Crippen LogP contribution in [-0.4, -0.2) is 35.4 Å². The third kappa shape index (κ3) is 4.46. The normalized spacial score (nSPS) is 18.4. The average molecular weight is 456 g/mol. The highest BCUT2D eigenvalue weighted by molar-refractivity contribution is 7.10. The number of hydrogen-bond acceptors (Lipinski definition) is 5. The molecule has 1 saturated heterocycles. The number of aliphatic hydroxyl groups is 1. The lowest BCUT2D eigenvalue weighted by Crippen LogP contribution is -2.30. The molecule has 0 radical (unpaired) electrons. The molecule has 1 fully saturated rings. The molecule has 1 aliphatic heterocycles. The van der Waals surface area contributed by atoms with Crippen LogP contribution in [0.5, 0.6) is 5.75 Å². The largest absolute Gasteiger partial charge is 0.507 e. The number of nitrogens with zero attached hydrogens (tertiary/aromatic N) is 1. The van der Waals surface area contributed by atoms with E-state index in [1.165, 1.54) is 18.4 Å². The molecule has 1 aromatic heterocycles. The van der Waals surface area contributed by atoms with Crippen LogP contribution in [0.2, 0.25) is 0 Å². The molecule has 6 heteroatoms. The summed E-state index contributed by atoms with van der Waals surface area (Å²) in [6.45, 7) is 10.8. The third-order valence-electron chi connectivity index (χ3n) is 6.01. The van der Waals surface area contributed by atoms with E-state index < -0.39 is 17.7 Å². The summed E-state index contributed by atoms with van der Waals surface area (Å²) in [7, 11) is 1.53. The van der Waals surface area contributed by atoms with Crippen molar-refractivity contribution in [3.63, 3.8) is 0 Å². The first kappa shape index (κ1) is 24.1. The van der Waals surface area contributed by atoms with E-state index in [0.717, 1.165) is 35.3 Å². The Morgan fingerprint density at radius 3 is 2.47 bits per heavy atom. The SMILES string of the molecule is CCCCCN1C(=O)C(=O)/C(=C(/O)c2cc(C(C)(C)C)ccc2OC)C1c1sccc1C. The van der Waals surface area contributed by atoms with Gasteiger partial charge in [-0.05, 0) is 53.5 Å². The molecule has 5 nitrogen and oxygen atoms in total. The number of hydrogen-bond donors (Lipinski definition) is 1. The number of ketones is 1. The number of amides is 1. The fraction of sp³-hybridized carbons (Fsp3) is 0.462. The molecule has 32 heavy (non-hydrogen) atoms. The molecule has 1 aromatic carbocycles. The Kier molecular flexibility index (Phi) is 7.13. The average Bonchev–Trinajstić information content (AvgIpc) is 3.28. The number of aliphatic hydroxyl groups excluding tert-OH is 1. The van der Waals surface area contributed by atoms with Crippen LogP contribution in [0.15, 0.2) is 35.2 Å². The maximum atomic E-state index is 13.2. The summed E-state index contributed by atoms with van der Waals surface area (Å²) in [5.74, 6) is -0.900. The predicted molar refractivity (Wildman–Crippen MR) is 129 cm³/mol. The molecule has 0 spiro atoms. The van der Waals surface area contributed by atoms with E-state index in [2.05, 4.69) is 27.7 Å². The number of unbranched alkanes of at least 4 members (excludes halogenated alkanes) is 2. The van der Waals surface area contributed by atoms with Gasteiger partial charge in [-0.2, -0.15) is 0 Å². The van der Waals surface area contributed by atoms with E-state index in [1.54, 1.807) is 11.0 Å². The van der Waals surface area contributed by atoms with Gasteiger partial charge >= 0.3 is 0 Å². The van der Waals surface area contributed by atoms with Gasteiger partial charge in [0.2, 0.25) is 0 Å². The second-order valence-corrected chi connectivity index (χ2v) is 10.3. The number of carbonyl (C=O) groups is 2. The van der Waals surface area contributed by atoms with Crippen molar-refractivity contribution in [2.45, 2.75) is 65.3 Å². The molecule has 3 rings (SSSR count). The van der Waals surface area contributed by atoms with Gasteiger partial charge in [0.15, 0.2) is 0 Å². The lowest BCUT2D eigenvalue weighted by Gasteiger charge is -2.25. The van der Waals surface area contributed by atoms with Crippen molar-refractivity contribution in [3.05, 3.63) is 56.8 Å². The summed E-state index contributed by atoms with van der Waals surface area (Å²) in [5.41, 5.74) is 2.42. The van der Waals surface area contributed by atoms with Crippen molar-refractivity contribution in [1.29, 1.82) is 0 Å². The van der Waals surface area contributed by atoms with Crippen LogP contribution in [0.25, 0.3) is 5.76 Å². The maximum Gasteiger partial charge on any atom is 0.295 e. The minimum Gasteiger partial charge on any atom is -0.507 e. The van der Waals surface area contributed by atoms with E-state index in [4.69, 9.17) is 4.74 Å². The molecule has 0 saturated carbocycles. The zero-order chi connectivity index (χ0) is 23.6. The smallest absolute Gasteiger partial charge is 0.295 e. The number of rotatable bonds is 7. The summed E-state index contributed by atoms with van der Waals surface area (Å²) in [5, 5.41) is 13.4. The number of aryl methyl sites for hydroxylation is 1. The van der Waals surface area contributed by atoms with Crippen molar-refractivity contribution in [2.24, 2.45) is 0 Å². The van der Waals surface area contributed by atoms with E-state index in [9.17, 15) is 14.7 Å². The highest BCUT2D eigenvalue weighted by Gasteiger charge is 2.47. The van der Waals surface area contributed by atoms with Gasteiger partial charge in [-0.15, -0.1) is 11.3 Å². The van der Waals surface area contributed by atoms with Gasteiger partial charge in [-0.1, -0.05) is 46.6 Å². The fourth-order valence-corrected chi connectivity index (χ4v) is 5.13.